The van der Waals surface area contributed by atoms with Crippen molar-refractivity contribution < 1.29 is 22.7 Å². The molecule has 2 amide bonds. The number of rotatable bonds is 6. The van der Waals surface area contributed by atoms with Gasteiger partial charge >= 0.3 is 0 Å². The predicted molar refractivity (Wildman–Crippen MR) is 106 cm³/mol. The summed E-state index contributed by atoms with van der Waals surface area (Å²) in [7, 11) is -2.44. The van der Waals surface area contributed by atoms with E-state index >= 15 is 0 Å². The van der Waals surface area contributed by atoms with Crippen LogP contribution in [0.3, 0.4) is 0 Å². The van der Waals surface area contributed by atoms with Crippen LogP contribution in [0.15, 0.2) is 47.4 Å². The van der Waals surface area contributed by atoms with Gasteiger partial charge in [-0.25, -0.2) is 8.42 Å². The number of amides is 2. The third-order valence-electron chi connectivity index (χ3n) is 4.26. The Balaban J connectivity index is 1.92. The van der Waals surface area contributed by atoms with Crippen LogP contribution < -0.4 is 19.7 Å². The predicted octanol–water partition coefficient (Wildman–Crippen LogP) is 2.58. The summed E-state index contributed by atoms with van der Waals surface area (Å²) in [4.78, 5) is 24.8. The highest BCUT2D eigenvalue weighted by Gasteiger charge is 2.26. The lowest BCUT2D eigenvalue weighted by molar-refractivity contribution is -0.117. The average Bonchev–Trinajstić information content (AvgIpc) is 3.06. The quantitative estimate of drug-likeness (QED) is 0.771. The topological polar surface area (TPSA) is 105 Å². The summed E-state index contributed by atoms with van der Waals surface area (Å²) in [5.74, 6) is 0.112. The number of carbonyl (C=O) groups is 2. The molecular weight excluding hydrogens is 382 g/mol. The molecule has 2 aromatic rings. The second-order valence-corrected chi connectivity index (χ2v) is 8.03. The van der Waals surface area contributed by atoms with E-state index < -0.39 is 10.0 Å². The zero-order chi connectivity index (χ0) is 20.3. The minimum atomic E-state index is -3.91. The maximum absolute atomic E-state index is 12.8. The van der Waals surface area contributed by atoms with E-state index in [-0.39, 0.29) is 16.7 Å². The maximum Gasteiger partial charge on any atom is 0.261 e. The highest BCUT2D eigenvalue weighted by atomic mass is 32.2. The lowest BCUT2D eigenvalue weighted by Gasteiger charge is -2.20. The minimum absolute atomic E-state index is 0.00734. The van der Waals surface area contributed by atoms with Gasteiger partial charge in [0.15, 0.2) is 0 Å². The van der Waals surface area contributed by atoms with Crippen molar-refractivity contribution in [2.75, 3.05) is 28.6 Å². The number of nitrogens with one attached hydrogen (secondary N) is 2. The van der Waals surface area contributed by atoms with Gasteiger partial charge in [0.25, 0.3) is 10.0 Å². The van der Waals surface area contributed by atoms with Crippen molar-refractivity contribution in [2.24, 2.45) is 0 Å². The largest absolute Gasteiger partial charge is 0.495 e. The first-order valence-corrected chi connectivity index (χ1v) is 10.2. The molecule has 0 saturated carbocycles. The van der Waals surface area contributed by atoms with E-state index in [1.54, 1.807) is 18.2 Å². The summed E-state index contributed by atoms with van der Waals surface area (Å²) in [6.07, 6.45) is 1.14. The average molecular weight is 403 g/mol. The van der Waals surface area contributed by atoms with Gasteiger partial charge in [-0.3, -0.25) is 14.3 Å². The molecule has 0 atom stereocenters. The number of sulfonamides is 1. The van der Waals surface area contributed by atoms with E-state index in [0.29, 0.717) is 42.2 Å². The zero-order valence-corrected chi connectivity index (χ0v) is 16.4. The summed E-state index contributed by atoms with van der Waals surface area (Å²) in [5.41, 5.74) is 1.21. The normalized spacial score (nSPS) is 14.1. The lowest BCUT2D eigenvalue weighted by Crippen LogP contribution is -2.25. The Bertz CT molecular complexity index is 1020. The highest BCUT2D eigenvalue weighted by Crippen LogP contribution is 2.34. The van der Waals surface area contributed by atoms with E-state index in [1.165, 1.54) is 43.2 Å². The van der Waals surface area contributed by atoms with Gasteiger partial charge in [-0.2, -0.15) is 0 Å². The molecule has 0 spiro atoms. The highest BCUT2D eigenvalue weighted by molar-refractivity contribution is 7.92. The van der Waals surface area contributed by atoms with Crippen molar-refractivity contribution >= 4 is 38.9 Å². The molecule has 1 aliphatic rings. The molecule has 0 unspecified atom stereocenters. The fraction of sp³-hybridized carbons (Fsp3) is 0.263. The monoisotopic (exact) mass is 403 g/mol. The molecule has 3 rings (SSSR count). The first-order chi connectivity index (χ1) is 13.3. The molecule has 148 valence electrons. The van der Waals surface area contributed by atoms with Crippen molar-refractivity contribution in [1.29, 1.82) is 0 Å². The Morgan fingerprint density at radius 2 is 1.89 bits per heavy atom. The van der Waals surface area contributed by atoms with Crippen LogP contribution >= 0.6 is 0 Å². The Morgan fingerprint density at radius 1 is 1.14 bits per heavy atom. The summed E-state index contributed by atoms with van der Waals surface area (Å²) in [6.45, 7) is 1.89. The molecule has 0 radical (unpaired) electrons. The summed E-state index contributed by atoms with van der Waals surface area (Å²) >= 11 is 0. The number of benzene rings is 2. The van der Waals surface area contributed by atoms with Crippen LogP contribution in [0.4, 0.5) is 17.1 Å². The minimum Gasteiger partial charge on any atom is -0.495 e. The van der Waals surface area contributed by atoms with Crippen molar-refractivity contribution in [3.63, 3.8) is 0 Å². The smallest absolute Gasteiger partial charge is 0.261 e. The molecule has 0 aromatic heterocycles. The van der Waals surface area contributed by atoms with Crippen LogP contribution in [0.2, 0.25) is 0 Å². The van der Waals surface area contributed by atoms with E-state index in [2.05, 4.69) is 10.0 Å². The molecule has 28 heavy (non-hydrogen) atoms. The van der Waals surface area contributed by atoms with Crippen molar-refractivity contribution in [3.8, 4) is 5.75 Å². The molecule has 1 aliphatic heterocycles. The van der Waals surface area contributed by atoms with E-state index in [0.717, 1.165) is 0 Å². The van der Waals surface area contributed by atoms with E-state index in [9.17, 15) is 18.0 Å². The zero-order valence-electron chi connectivity index (χ0n) is 15.6. The van der Waals surface area contributed by atoms with Gasteiger partial charge in [0.2, 0.25) is 11.8 Å². The lowest BCUT2D eigenvalue weighted by atomic mass is 10.2. The molecule has 8 nitrogen and oxygen atoms in total. The van der Waals surface area contributed by atoms with Crippen LogP contribution in [0.5, 0.6) is 5.75 Å². The number of nitrogens with zero attached hydrogens (tertiary/aromatic N) is 1. The van der Waals surface area contributed by atoms with Gasteiger partial charge in [0, 0.05) is 25.6 Å². The molecule has 1 fully saturated rings. The molecule has 2 aromatic carbocycles. The van der Waals surface area contributed by atoms with Crippen LogP contribution in [0.25, 0.3) is 0 Å². The van der Waals surface area contributed by atoms with Gasteiger partial charge in [0.1, 0.15) is 5.75 Å². The molecule has 2 N–H and O–H groups in total. The SMILES string of the molecule is COc1ccc(S(=O)(=O)Nc2cccc(NC(C)=O)c2)cc1N1CCCC1=O. The van der Waals surface area contributed by atoms with Crippen molar-refractivity contribution in [2.45, 2.75) is 24.7 Å². The Labute approximate surface area is 163 Å². The Morgan fingerprint density at radius 3 is 2.54 bits per heavy atom. The van der Waals surface area contributed by atoms with E-state index in [1.807, 2.05) is 0 Å². The number of hydrogen-bond acceptors (Lipinski definition) is 5. The standard InChI is InChI=1S/C19H21N3O5S/c1-13(23)20-14-5-3-6-15(11-14)21-28(25,26)16-8-9-18(27-2)17(12-16)22-10-4-7-19(22)24/h3,5-6,8-9,11-12,21H,4,7,10H2,1-2H3,(H,20,23). The summed E-state index contributed by atoms with van der Waals surface area (Å²) < 4.78 is 33.5. The second-order valence-electron chi connectivity index (χ2n) is 6.35. The van der Waals surface area contributed by atoms with Crippen molar-refractivity contribution in [3.05, 3.63) is 42.5 Å². The fourth-order valence-electron chi connectivity index (χ4n) is 3.03. The second kappa shape index (κ2) is 7.89. The number of carbonyl (C=O) groups excluding carboxylic acids is 2. The van der Waals surface area contributed by atoms with Gasteiger partial charge in [-0.05, 0) is 42.8 Å². The molecule has 0 bridgehead atoms. The third kappa shape index (κ3) is 4.25. The van der Waals surface area contributed by atoms with Crippen LogP contribution in [-0.4, -0.2) is 33.9 Å². The fourth-order valence-corrected chi connectivity index (χ4v) is 4.10. The molecule has 9 heteroatoms. The van der Waals surface area contributed by atoms with Gasteiger partial charge in [0.05, 0.1) is 23.4 Å². The number of hydrogen-bond donors (Lipinski definition) is 2. The van der Waals surface area contributed by atoms with Crippen LogP contribution in [0.1, 0.15) is 19.8 Å². The number of methoxy groups -OCH3 is 1. The molecule has 1 heterocycles. The van der Waals surface area contributed by atoms with E-state index in [4.69, 9.17) is 4.74 Å². The molecule has 0 aliphatic carbocycles. The van der Waals surface area contributed by atoms with Crippen LogP contribution in [0, 0.1) is 0 Å². The van der Waals surface area contributed by atoms with Gasteiger partial charge < -0.3 is 15.0 Å². The van der Waals surface area contributed by atoms with Gasteiger partial charge in [-0.15, -0.1) is 0 Å². The summed E-state index contributed by atoms with van der Waals surface area (Å²) in [5, 5.41) is 2.60. The maximum atomic E-state index is 12.8. The first-order valence-electron chi connectivity index (χ1n) is 8.69. The number of anilines is 3. The third-order valence-corrected chi connectivity index (χ3v) is 5.64. The molecular formula is C19H21N3O5S. The Hall–Kier alpha value is -3.07. The first kappa shape index (κ1) is 19.7. The van der Waals surface area contributed by atoms with Gasteiger partial charge in [-0.1, -0.05) is 6.07 Å². The molecule has 1 saturated heterocycles. The summed E-state index contributed by atoms with van der Waals surface area (Å²) in [6, 6.07) is 10.8. The van der Waals surface area contributed by atoms with Crippen molar-refractivity contribution in [1.82, 2.24) is 0 Å². The Kier molecular flexibility index (Phi) is 5.55. The van der Waals surface area contributed by atoms with Crippen LogP contribution in [-0.2, 0) is 19.6 Å². The number of ether oxygens (including phenoxy) is 1.